The lowest BCUT2D eigenvalue weighted by Gasteiger charge is -2.22. The Morgan fingerprint density at radius 3 is 2.48 bits per heavy atom. The van der Waals surface area contributed by atoms with Gasteiger partial charge in [-0.2, -0.15) is 0 Å². The van der Waals surface area contributed by atoms with Crippen LogP contribution < -0.4 is 20.1 Å². The Morgan fingerprint density at radius 1 is 1.10 bits per heavy atom. The molecular weight excluding hydrogens is 394 g/mol. The summed E-state index contributed by atoms with van der Waals surface area (Å²) in [6.45, 7) is 10.9. The molecule has 1 saturated heterocycles. The maximum absolute atomic E-state index is 5.93. The predicted octanol–water partition coefficient (Wildman–Crippen LogP) is 4.08. The van der Waals surface area contributed by atoms with Crippen LogP contribution >= 0.6 is 0 Å². The van der Waals surface area contributed by atoms with Gasteiger partial charge in [-0.15, -0.1) is 0 Å². The zero-order valence-electron chi connectivity index (χ0n) is 19.7. The van der Waals surface area contributed by atoms with Crippen LogP contribution in [0.1, 0.15) is 64.5 Å². The van der Waals surface area contributed by atoms with Crippen LogP contribution in [0, 0.1) is 0 Å². The number of nitrogens with one attached hydrogen (secondary N) is 2. The van der Waals surface area contributed by atoms with Crippen molar-refractivity contribution in [1.29, 1.82) is 0 Å². The van der Waals surface area contributed by atoms with Crippen molar-refractivity contribution < 1.29 is 18.9 Å². The molecule has 1 heterocycles. The predicted molar refractivity (Wildman–Crippen MR) is 125 cm³/mol. The molecule has 176 valence electrons. The molecule has 0 spiro atoms. The highest BCUT2D eigenvalue weighted by Gasteiger charge is 2.14. The van der Waals surface area contributed by atoms with Crippen LogP contribution in [0.4, 0.5) is 0 Å². The lowest BCUT2D eigenvalue weighted by atomic mass is 10.1. The third-order valence-electron chi connectivity index (χ3n) is 5.10. The molecule has 1 unspecified atom stereocenters. The lowest BCUT2D eigenvalue weighted by Crippen LogP contribution is -2.39. The molecule has 31 heavy (non-hydrogen) atoms. The largest absolute Gasteiger partial charge is 0.490 e. The van der Waals surface area contributed by atoms with E-state index in [4.69, 9.17) is 18.9 Å². The molecule has 1 fully saturated rings. The highest BCUT2D eigenvalue weighted by atomic mass is 16.5. The van der Waals surface area contributed by atoms with E-state index in [1.165, 1.54) is 0 Å². The summed E-state index contributed by atoms with van der Waals surface area (Å²) in [5.41, 5.74) is 1.13. The smallest absolute Gasteiger partial charge is 0.191 e. The zero-order chi connectivity index (χ0) is 22.3. The Labute approximate surface area is 187 Å². The van der Waals surface area contributed by atoms with E-state index in [-0.39, 0.29) is 6.04 Å². The average molecular weight is 436 g/mol. The summed E-state index contributed by atoms with van der Waals surface area (Å²) in [4.78, 5) is 4.35. The maximum atomic E-state index is 5.93. The molecule has 0 amide bonds. The molecule has 2 rings (SSSR count). The summed E-state index contributed by atoms with van der Waals surface area (Å²) in [7, 11) is 1.79. The van der Waals surface area contributed by atoms with Gasteiger partial charge in [0, 0.05) is 33.4 Å². The number of rotatable bonds is 13. The van der Waals surface area contributed by atoms with E-state index in [1.54, 1.807) is 7.05 Å². The van der Waals surface area contributed by atoms with E-state index in [0.717, 1.165) is 81.5 Å². The van der Waals surface area contributed by atoms with Crippen molar-refractivity contribution in [1.82, 2.24) is 10.6 Å². The van der Waals surface area contributed by atoms with E-state index in [9.17, 15) is 0 Å². The Morgan fingerprint density at radius 2 is 1.81 bits per heavy atom. The van der Waals surface area contributed by atoms with Gasteiger partial charge in [0.05, 0.1) is 25.4 Å². The lowest BCUT2D eigenvalue weighted by molar-refractivity contribution is -0.0320. The standard InChI is InChI=1S/C24H41N3O4/c1-5-13-30-22-9-8-20(18-23(22)31-14-6-2)19(3)27-24(25-4)26-12-7-15-29-21-10-16-28-17-11-21/h8-9,18-19,21H,5-7,10-17H2,1-4H3,(H2,25,26,27). The monoisotopic (exact) mass is 435 g/mol. The van der Waals surface area contributed by atoms with Crippen molar-refractivity contribution in [3.8, 4) is 11.5 Å². The van der Waals surface area contributed by atoms with Crippen LogP contribution in [0.3, 0.4) is 0 Å². The van der Waals surface area contributed by atoms with Gasteiger partial charge in [-0.3, -0.25) is 4.99 Å². The van der Waals surface area contributed by atoms with E-state index < -0.39 is 0 Å². The molecule has 1 aromatic carbocycles. The fourth-order valence-corrected chi connectivity index (χ4v) is 3.30. The van der Waals surface area contributed by atoms with Gasteiger partial charge >= 0.3 is 0 Å². The van der Waals surface area contributed by atoms with Crippen molar-refractivity contribution in [2.24, 2.45) is 4.99 Å². The van der Waals surface area contributed by atoms with E-state index in [1.807, 2.05) is 6.07 Å². The van der Waals surface area contributed by atoms with Crippen LogP contribution in [0.2, 0.25) is 0 Å². The van der Waals surface area contributed by atoms with Crippen molar-refractivity contribution in [3.05, 3.63) is 23.8 Å². The Balaban J connectivity index is 1.81. The summed E-state index contributed by atoms with van der Waals surface area (Å²) in [6, 6.07) is 6.22. The van der Waals surface area contributed by atoms with Gasteiger partial charge < -0.3 is 29.6 Å². The fraction of sp³-hybridized carbons (Fsp3) is 0.708. The van der Waals surface area contributed by atoms with E-state index in [2.05, 4.69) is 48.5 Å². The number of hydrogen-bond acceptors (Lipinski definition) is 5. The Kier molecular flexibility index (Phi) is 12.2. The summed E-state index contributed by atoms with van der Waals surface area (Å²) in [6.07, 6.45) is 5.21. The minimum Gasteiger partial charge on any atom is -0.490 e. The number of guanidine groups is 1. The topological polar surface area (TPSA) is 73.3 Å². The first-order valence-corrected chi connectivity index (χ1v) is 11.7. The molecule has 1 aliphatic rings. The summed E-state index contributed by atoms with van der Waals surface area (Å²) in [5.74, 6) is 2.38. The molecule has 0 aromatic heterocycles. The van der Waals surface area contributed by atoms with Crippen molar-refractivity contribution in [3.63, 3.8) is 0 Å². The molecule has 1 aromatic rings. The maximum Gasteiger partial charge on any atom is 0.191 e. The fourth-order valence-electron chi connectivity index (χ4n) is 3.30. The first-order valence-electron chi connectivity index (χ1n) is 11.7. The van der Waals surface area contributed by atoms with Gasteiger partial charge in [-0.25, -0.2) is 0 Å². The Hall–Kier alpha value is -1.99. The van der Waals surface area contributed by atoms with E-state index in [0.29, 0.717) is 19.3 Å². The summed E-state index contributed by atoms with van der Waals surface area (Å²) in [5, 5.41) is 6.83. The average Bonchev–Trinajstić information content (AvgIpc) is 2.81. The van der Waals surface area contributed by atoms with Crippen molar-refractivity contribution >= 4 is 5.96 Å². The number of benzene rings is 1. The number of nitrogens with zero attached hydrogens (tertiary/aromatic N) is 1. The van der Waals surface area contributed by atoms with Gasteiger partial charge in [-0.05, 0) is 56.7 Å². The third-order valence-corrected chi connectivity index (χ3v) is 5.10. The SMILES string of the molecule is CCCOc1ccc(C(C)NC(=NC)NCCCOC2CCOCC2)cc1OCCC. The molecule has 1 atom stereocenters. The van der Waals surface area contributed by atoms with Crippen LogP contribution in [-0.2, 0) is 9.47 Å². The van der Waals surface area contributed by atoms with Gasteiger partial charge in [0.25, 0.3) is 0 Å². The summed E-state index contributed by atoms with van der Waals surface area (Å²) < 4.78 is 23.1. The second-order valence-corrected chi connectivity index (χ2v) is 7.80. The zero-order valence-corrected chi connectivity index (χ0v) is 19.7. The normalized spacial score (nSPS) is 16.1. The quantitative estimate of drug-likeness (QED) is 0.276. The summed E-state index contributed by atoms with van der Waals surface area (Å²) >= 11 is 0. The molecule has 2 N–H and O–H groups in total. The van der Waals surface area contributed by atoms with Gasteiger partial charge in [0.1, 0.15) is 0 Å². The van der Waals surface area contributed by atoms with Crippen LogP contribution in [-0.4, -0.2) is 58.7 Å². The second-order valence-electron chi connectivity index (χ2n) is 7.80. The molecule has 0 saturated carbocycles. The van der Waals surface area contributed by atoms with Crippen molar-refractivity contribution in [2.75, 3.05) is 46.6 Å². The minimum absolute atomic E-state index is 0.0777. The first-order chi connectivity index (χ1) is 15.2. The number of ether oxygens (including phenoxy) is 4. The molecule has 0 bridgehead atoms. The number of aliphatic imine (C=N–C) groups is 1. The van der Waals surface area contributed by atoms with Crippen LogP contribution in [0.15, 0.2) is 23.2 Å². The minimum atomic E-state index is 0.0777. The highest BCUT2D eigenvalue weighted by molar-refractivity contribution is 5.80. The number of hydrogen-bond donors (Lipinski definition) is 2. The van der Waals surface area contributed by atoms with Gasteiger partial charge in [-0.1, -0.05) is 19.9 Å². The Bertz CT molecular complexity index is 648. The van der Waals surface area contributed by atoms with E-state index >= 15 is 0 Å². The third kappa shape index (κ3) is 9.35. The molecule has 0 radical (unpaired) electrons. The molecule has 0 aliphatic carbocycles. The molecule has 1 aliphatic heterocycles. The highest BCUT2D eigenvalue weighted by Crippen LogP contribution is 2.31. The second kappa shape index (κ2) is 14.9. The van der Waals surface area contributed by atoms with Gasteiger partial charge in [0.15, 0.2) is 17.5 Å². The van der Waals surface area contributed by atoms with Gasteiger partial charge in [0.2, 0.25) is 0 Å². The van der Waals surface area contributed by atoms with Crippen molar-refractivity contribution in [2.45, 2.75) is 65.0 Å². The molecule has 7 nitrogen and oxygen atoms in total. The van der Waals surface area contributed by atoms with Crippen LogP contribution in [0.5, 0.6) is 11.5 Å². The first kappa shape index (κ1) is 25.3. The molecule has 7 heteroatoms. The molecular formula is C24H41N3O4. The van der Waals surface area contributed by atoms with Crippen LogP contribution in [0.25, 0.3) is 0 Å².